The zero-order valence-corrected chi connectivity index (χ0v) is 16.7. The molecule has 0 fully saturated rings. The van der Waals surface area contributed by atoms with Crippen molar-refractivity contribution >= 4 is 17.6 Å². The highest BCUT2D eigenvalue weighted by Gasteiger charge is 2.18. The first-order valence-corrected chi connectivity index (χ1v) is 9.76. The summed E-state index contributed by atoms with van der Waals surface area (Å²) in [7, 11) is 0. The fourth-order valence-corrected chi connectivity index (χ4v) is 2.78. The van der Waals surface area contributed by atoms with E-state index in [0.717, 1.165) is 12.0 Å². The Kier molecular flexibility index (Phi) is 6.07. The van der Waals surface area contributed by atoms with E-state index < -0.39 is 0 Å². The summed E-state index contributed by atoms with van der Waals surface area (Å²) in [6.45, 7) is 10.8. The van der Waals surface area contributed by atoms with E-state index in [1.807, 2.05) is 18.4 Å². The second-order valence-corrected chi connectivity index (χ2v) is 7.95. The van der Waals surface area contributed by atoms with Gasteiger partial charge < -0.3 is 5.32 Å². The van der Waals surface area contributed by atoms with Crippen molar-refractivity contribution in [2.75, 3.05) is 11.6 Å². The van der Waals surface area contributed by atoms with Crippen molar-refractivity contribution in [2.45, 2.75) is 57.7 Å². The predicted octanol–water partition coefficient (Wildman–Crippen LogP) is 5.25. The van der Waals surface area contributed by atoms with Crippen molar-refractivity contribution in [1.82, 2.24) is 9.97 Å². The number of nitrogens with zero attached hydrogens (tertiary/aromatic N) is 3. The Morgan fingerprint density at radius 1 is 1.20 bits per heavy atom. The van der Waals surface area contributed by atoms with Gasteiger partial charge in [-0.3, -0.25) is 0 Å². The van der Waals surface area contributed by atoms with E-state index >= 15 is 0 Å². The molecule has 0 unspecified atom stereocenters. The molecular weight excluding hydrogens is 328 g/mol. The molecule has 0 bridgehead atoms. The van der Waals surface area contributed by atoms with Gasteiger partial charge in [0, 0.05) is 11.6 Å². The van der Waals surface area contributed by atoms with E-state index in [1.165, 1.54) is 17.3 Å². The Labute approximate surface area is 155 Å². The molecule has 2 rings (SSSR count). The van der Waals surface area contributed by atoms with Crippen LogP contribution in [0, 0.1) is 11.3 Å². The van der Waals surface area contributed by atoms with Gasteiger partial charge in [-0.15, -0.1) is 0 Å². The molecule has 1 aromatic carbocycles. The molecular formula is C20H26N4S. The quantitative estimate of drug-likeness (QED) is 0.587. The number of nitrogens with one attached hydrogen (secondary N) is 1. The van der Waals surface area contributed by atoms with Gasteiger partial charge in [-0.05, 0) is 30.6 Å². The molecule has 25 heavy (non-hydrogen) atoms. The molecule has 132 valence electrons. The van der Waals surface area contributed by atoms with Gasteiger partial charge in [-0.1, -0.05) is 63.7 Å². The molecule has 1 heterocycles. The van der Waals surface area contributed by atoms with Gasteiger partial charge in [0.15, 0.2) is 5.16 Å². The molecule has 1 atom stereocenters. The van der Waals surface area contributed by atoms with E-state index in [-0.39, 0.29) is 11.5 Å². The van der Waals surface area contributed by atoms with Gasteiger partial charge in [-0.25, -0.2) is 9.97 Å². The largest absolute Gasteiger partial charge is 0.366 e. The lowest BCUT2D eigenvalue weighted by molar-refractivity contribution is 0.590. The van der Waals surface area contributed by atoms with Crippen molar-refractivity contribution in [3.05, 3.63) is 35.4 Å². The van der Waals surface area contributed by atoms with Crippen LogP contribution in [-0.4, -0.2) is 22.3 Å². The molecule has 0 amide bonds. The first kappa shape index (κ1) is 19.3. The lowest BCUT2D eigenvalue weighted by atomic mass is 9.86. The van der Waals surface area contributed by atoms with Crippen LogP contribution >= 0.6 is 11.8 Å². The van der Waals surface area contributed by atoms with Crippen LogP contribution in [0.4, 0.5) is 5.82 Å². The molecule has 1 aromatic heterocycles. The number of hydrogen-bond acceptors (Lipinski definition) is 5. The average Bonchev–Trinajstić information content (AvgIpc) is 2.60. The molecule has 0 saturated heterocycles. The lowest BCUT2D eigenvalue weighted by Gasteiger charge is -2.19. The molecule has 0 aliphatic heterocycles. The Morgan fingerprint density at radius 3 is 2.32 bits per heavy atom. The minimum absolute atomic E-state index is 0.0932. The summed E-state index contributed by atoms with van der Waals surface area (Å²) in [6.07, 6.45) is 2.90. The van der Waals surface area contributed by atoms with E-state index in [9.17, 15) is 5.26 Å². The number of rotatable bonds is 5. The summed E-state index contributed by atoms with van der Waals surface area (Å²) >= 11 is 1.48. The van der Waals surface area contributed by atoms with Gasteiger partial charge in [0.2, 0.25) is 0 Å². The van der Waals surface area contributed by atoms with Gasteiger partial charge in [0.05, 0.1) is 5.69 Å². The SMILES string of the molecule is CC[C@H](C)Nc1nc(SC)nc(-c2ccc(C(C)(C)C)cc2)c1C#N. The first-order valence-electron chi connectivity index (χ1n) is 8.53. The monoisotopic (exact) mass is 354 g/mol. The van der Waals surface area contributed by atoms with Crippen LogP contribution in [0.25, 0.3) is 11.3 Å². The molecule has 0 saturated carbocycles. The number of nitriles is 1. The fraction of sp³-hybridized carbons (Fsp3) is 0.450. The maximum atomic E-state index is 9.72. The normalized spacial score (nSPS) is 12.5. The molecule has 4 nitrogen and oxygen atoms in total. The first-order chi connectivity index (χ1) is 11.8. The average molecular weight is 355 g/mol. The van der Waals surface area contributed by atoms with Crippen molar-refractivity contribution in [3.8, 4) is 17.3 Å². The fourth-order valence-electron chi connectivity index (χ4n) is 2.41. The second-order valence-electron chi connectivity index (χ2n) is 7.18. The van der Waals surface area contributed by atoms with Crippen molar-refractivity contribution in [2.24, 2.45) is 0 Å². The molecule has 0 spiro atoms. The molecule has 0 aliphatic carbocycles. The zero-order valence-electron chi connectivity index (χ0n) is 15.8. The van der Waals surface area contributed by atoms with Crippen LogP contribution in [-0.2, 0) is 5.41 Å². The topological polar surface area (TPSA) is 61.6 Å². The van der Waals surface area contributed by atoms with Crippen LogP contribution in [0.2, 0.25) is 0 Å². The van der Waals surface area contributed by atoms with E-state index in [4.69, 9.17) is 0 Å². The molecule has 0 aliphatic rings. The number of benzene rings is 1. The van der Waals surface area contributed by atoms with Gasteiger partial charge >= 0.3 is 0 Å². The van der Waals surface area contributed by atoms with Crippen LogP contribution < -0.4 is 5.32 Å². The third-order valence-corrected chi connectivity index (χ3v) is 4.75. The van der Waals surface area contributed by atoms with Gasteiger partial charge in [0.1, 0.15) is 17.5 Å². The molecule has 5 heteroatoms. The summed E-state index contributed by atoms with van der Waals surface area (Å²) in [5.74, 6) is 0.617. The Bertz CT molecular complexity index is 770. The van der Waals surface area contributed by atoms with Crippen molar-refractivity contribution < 1.29 is 0 Å². The summed E-state index contributed by atoms with van der Waals surface area (Å²) < 4.78 is 0. The Hall–Kier alpha value is -2.06. The third-order valence-electron chi connectivity index (χ3n) is 4.20. The molecule has 1 N–H and O–H groups in total. The summed E-state index contributed by atoms with van der Waals surface area (Å²) in [5.41, 5.74) is 3.48. The number of aromatic nitrogens is 2. The standard InChI is InChI=1S/C20H26N4S/c1-7-13(2)22-18-16(12-21)17(23-19(24-18)25-6)14-8-10-15(11-9-14)20(3,4)5/h8-11,13H,7H2,1-6H3,(H,22,23,24)/t13-/m0/s1. The lowest BCUT2D eigenvalue weighted by Crippen LogP contribution is -2.16. The summed E-state index contributed by atoms with van der Waals surface area (Å²) in [6, 6.07) is 10.8. The predicted molar refractivity (Wildman–Crippen MR) is 106 cm³/mol. The minimum atomic E-state index is 0.0932. The van der Waals surface area contributed by atoms with Crippen LogP contribution in [0.5, 0.6) is 0 Å². The summed E-state index contributed by atoms with van der Waals surface area (Å²) in [5, 5.41) is 13.7. The van der Waals surface area contributed by atoms with Crippen molar-refractivity contribution in [1.29, 1.82) is 5.26 Å². The number of thioether (sulfide) groups is 1. The minimum Gasteiger partial charge on any atom is -0.366 e. The second kappa shape index (κ2) is 7.88. The highest BCUT2D eigenvalue weighted by Crippen LogP contribution is 2.31. The van der Waals surface area contributed by atoms with E-state index in [1.54, 1.807) is 0 Å². The van der Waals surface area contributed by atoms with Crippen LogP contribution in [0.15, 0.2) is 29.4 Å². The van der Waals surface area contributed by atoms with Gasteiger partial charge in [0.25, 0.3) is 0 Å². The maximum absolute atomic E-state index is 9.72. The molecule has 2 aromatic rings. The van der Waals surface area contributed by atoms with Crippen LogP contribution in [0.1, 0.15) is 52.2 Å². The molecule has 0 radical (unpaired) electrons. The maximum Gasteiger partial charge on any atom is 0.189 e. The highest BCUT2D eigenvalue weighted by atomic mass is 32.2. The van der Waals surface area contributed by atoms with E-state index in [2.05, 4.69) is 68.1 Å². The van der Waals surface area contributed by atoms with Crippen molar-refractivity contribution in [3.63, 3.8) is 0 Å². The summed E-state index contributed by atoms with van der Waals surface area (Å²) in [4.78, 5) is 9.12. The number of hydrogen-bond donors (Lipinski definition) is 1. The zero-order chi connectivity index (χ0) is 18.6. The Balaban J connectivity index is 2.56. The smallest absolute Gasteiger partial charge is 0.189 e. The third kappa shape index (κ3) is 4.52. The van der Waals surface area contributed by atoms with E-state index in [0.29, 0.717) is 22.2 Å². The highest BCUT2D eigenvalue weighted by molar-refractivity contribution is 7.98. The van der Waals surface area contributed by atoms with Crippen LogP contribution in [0.3, 0.4) is 0 Å². The Morgan fingerprint density at radius 2 is 1.84 bits per heavy atom. The van der Waals surface area contributed by atoms with Gasteiger partial charge in [-0.2, -0.15) is 5.26 Å². The number of anilines is 1.